The fraction of sp³-hybridized carbons (Fsp3) is 0.176. The molecule has 0 bridgehead atoms. The molecule has 1 aromatic carbocycles. The molecule has 0 radical (unpaired) electrons. The first-order valence-electron chi connectivity index (χ1n) is 6.97. The molecular weight excluding hydrogens is 296 g/mol. The van der Waals surface area contributed by atoms with E-state index in [9.17, 15) is 15.2 Å². The Labute approximate surface area is 132 Å². The summed E-state index contributed by atoms with van der Waals surface area (Å²) in [6.07, 6.45) is 0. The monoisotopic (exact) mass is 310 g/mol. The molecule has 2 aromatic rings. The summed E-state index contributed by atoms with van der Waals surface area (Å²) in [7, 11) is 0. The summed E-state index contributed by atoms with van der Waals surface area (Å²) in [4.78, 5) is 12.2. The number of aryl methyl sites for hydroxylation is 1. The second kappa shape index (κ2) is 5.63. The maximum Gasteiger partial charge on any atom is 0.228 e. The minimum atomic E-state index is -0.649. The van der Waals surface area contributed by atoms with E-state index >= 15 is 0 Å². The number of aliphatic hydroxyl groups is 1. The summed E-state index contributed by atoms with van der Waals surface area (Å²) in [5.74, 6) is -0.524. The van der Waals surface area contributed by atoms with E-state index in [2.05, 4.69) is 0 Å². The third-order valence-corrected chi connectivity index (χ3v) is 3.78. The summed E-state index contributed by atoms with van der Waals surface area (Å²) in [6, 6.07) is 10.6. The number of rotatable bonds is 2. The van der Waals surface area contributed by atoms with Gasteiger partial charge in [0, 0.05) is 6.07 Å². The van der Waals surface area contributed by atoms with Crippen LogP contribution in [-0.2, 0) is 6.61 Å². The highest BCUT2D eigenvalue weighted by molar-refractivity contribution is 5.53. The van der Waals surface area contributed by atoms with Crippen molar-refractivity contribution in [1.82, 2.24) is 0 Å². The second-order valence-electron chi connectivity index (χ2n) is 5.21. The molecule has 0 fully saturated rings. The molecule has 0 saturated carbocycles. The average molecular weight is 310 g/mol. The Morgan fingerprint density at radius 3 is 2.78 bits per heavy atom. The van der Waals surface area contributed by atoms with Crippen LogP contribution >= 0.6 is 0 Å². The number of nitrogens with zero attached hydrogens (tertiary/aromatic N) is 1. The maximum absolute atomic E-state index is 12.2. The topological polar surface area (TPSA) is 109 Å². The highest BCUT2D eigenvalue weighted by Crippen LogP contribution is 2.41. The van der Waals surface area contributed by atoms with E-state index < -0.39 is 18.0 Å². The summed E-state index contributed by atoms with van der Waals surface area (Å²) < 4.78 is 10.9. The summed E-state index contributed by atoms with van der Waals surface area (Å²) >= 11 is 0. The van der Waals surface area contributed by atoms with Crippen molar-refractivity contribution < 1.29 is 14.3 Å². The minimum Gasteiger partial charge on any atom is -0.458 e. The average Bonchev–Trinajstić information content (AvgIpc) is 2.55. The van der Waals surface area contributed by atoms with Gasteiger partial charge in [-0.15, -0.1) is 0 Å². The second-order valence-corrected chi connectivity index (χ2v) is 5.21. The smallest absolute Gasteiger partial charge is 0.228 e. The molecule has 0 aliphatic carbocycles. The molecule has 23 heavy (non-hydrogen) atoms. The van der Waals surface area contributed by atoms with Crippen molar-refractivity contribution in [2.45, 2.75) is 19.4 Å². The zero-order chi connectivity index (χ0) is 16.6. The van der Waals surface area contributed by atoms with Gasteiger partial charge < -0.3 is 20.0 Å². The lowest BCUT2D eigenvalue weighted by molar-refractivity contribution is 0.231. The quantitative estimate of drug-likeness (QED) is 0.873. The van der Waals surface area contributed by atoms with Gasteiger partial charge in [0.25, 0.3) is 0 Å². The van der Waals surface area contributed by atoms with E-state index in [-0.39, 0.29) is 28.7 Å². The van der Waals surface area contributed by atoms with Crippen LogP contribution in [0.15, 0.2) is 51.0 Å². The summed E-state index contributed by atoms with van der Waals surface area (Å²) in [5.41, 5.74) is 7.25. The number of benzene rings is 1. The molecule has 1 aliphatic heterocycles. The normalized spacial score (nSPS) is 16.5. The molecule has 3 N–H and O–H groups in total. The van der Waals surface area contributed by atoms with Crippen LogP contribution in [0.2, 0.25) is 0 Å². The highest BCUT2D eigenvalue weighted by atomic mass is 16.5. The van der Waals surface area contributed by atoms with Gasteiger partial charge in [-0.3, -0.25) is 4.79 Å². The lowest BCUT2D eigenvalue weighted by Crippen LogP contribution is -2.25. The number of ether oxygens (including phenoxy) is 1. The first kappa shape index (κ1) is 14.9. The first-order chi connectivity index (χ1) is 11.1. The van der Waals surface area contributed by atoms with E-state index in [4.69, 9.17) is 14.9 Å². The van der Waals surface area contributed by atoms with Gasteiger partial charge in [0.1, 0.15) is 24.0 Å². The molecule has 1 aliphatic rings. The number of hydrogen-bond acceptors (Lipinski definition) is 6. The highest BCUT2D eigenvalue weighted by Gasteiger charge is 2.35. The largest absolute Gasteiger partial charge is 0.458 e. The van der Waals surface area contributed by atoms with Crippen molar-refractivity contribution in [2.24, 2.45) is 5.73 Å². The molecule has 1 atom stereocenters. The molecule has 6 nitrogen and oxygen atoms in total. The molecular formula is C17H14N2O4. The minimum absolute atomic E-state index is 0.0491. The zero-order valence-electron chi connectivity index (χ0n) is 12.4. The standard InChI is InChI=1S/C17H14N2O4/c1-9-4-2-3-5-11(9)14-12(7-18)17(19)23-15-13(21)6-10(8-20)22-16(14)15/h2-6,14,20H,8,19H2,1H3. The fourth-order valence-electron chi connectivity index (χ4n) is 2.68. The van der Waals surface area contributed by atoms with Crippen LogP contribution in [0.5, 0.6) is 5.75 Å². The molecule has 1 unspecified atom stereocenters. The van der Waals surface area contributed by atoms with Crippen molar-refractivity contribution in [1.29, 1.82) is 5.26 Å². The number of fused-ring (bicyclic) bond motifs is 1. The number of nitriles is 1. The predicted octanol–water partition coefficient (Wildman–Crippen LogP) is 1.66. The fourth-order valence-corrected chi connectivity index (χ4v) is 2.68. The lowest BCUT2D eigenvalue weighted by Gasteiger charge is -2.25. The Morgan fingerprint density at radius 1 is 1.39 bits per heavy atom. The Bertz CT molecular complexity index is 906. The molecule has 1 aromatic heterocycles. The Balaban J connectivity index is 2.34. The Hall–Kier alpha value is -3.04. The summed E-state index contributed by atoms with van der Waals surface area (Å²) in [6.45, 7) is 1.47. The Kier molecular flexibility index (Phi) is 3.64. The summed E-state index contributed by atoms with van der Waals surface area (Å²) in [5, 5.41) is 18.7. The van der Waals surface area contributed by atoms with Gasteiger partial charge in [0.05, 0.1) is 5.92 Å². The first-order valence-corrected chi connectivity index (χ1v) is 6.97. The third-order valence-electron chi connectivity index (χ3n) is 3.78. The molecule has 0 spiro atoms. The molecule has 3 rings (SSSR count). The Morgan fingerprint density at radius 2 is 2.13 bits per heavy atom. The van der Waals surface area contributed by atoms with Crippen molar-refractivity contribution in [3.63, 3.8) is 0 Å². The van der Waals surface area contributed by atoms with Gasteiger partial charge >= 0.3 is 0 Å². The van der Waals surface area contributed by atoms with Crippen molar-refractivity contribution >= 4 is 0 Å². The van der Waals surface area contributed by atoms with E-state index in [0.717, 1.165) is 17.2 Å². The van der Waals surface area contributed by atoms with Crippen LogP contribution in [-0.4, -0.2) is 5.11 Å². The molecule has 0 saturated heterocycles. The lowest BCUT2D eigenvalue weighted by atomic mass is 9.85. The molecule has 6 heteroatoms. The van der Waals surface area contributed by atoms with Crippen LogP contribution in [0.25, 0.3) is 0 Å². The van der Waals surface area contributed by atoms with Crippen LogP contribution < -0.4 is 15.9 Å². The SMILES string of the molecule is Cc1ccccc1C1C(C#N)=C(N)Oc2c1oc(CO)cc2=O. The van der Waals surface area contributed by atoms with Crippen LogP contribution in [0, 0.1) is 18.3 Å². The van der Waals surface area contributed by atoms with Gasteiger partial charge in [0.15, 0.2) is 5.76 Å². The molecule has 2 heterocycles. The van der Waals surface area contributed by atoms with Crippen molar-refractivity contribution in [3.05, 3.63) is 74.7 Å². The van der Waals surface area contributed by atoms with Crippen LogP contribution in [0.3, 0.4) is 0 Å². The number of allylic oxidation sites excluding steroid dienone is 1. The van der Waals surface area contributed by atoms with Crippen LogP contribution in [0.4, 0.5) is 0 Å². The van der Waals surface area contributed by atoms with Crippen molar-refractivity contribution in [3.8, 4) is 11.8 Å². The van der Waals surface area contributed by atoms with Gasteiger partial charge in [-0.05, 0) is 18.1 Å². The zero-order valence-corrected chi connectivity index (χ0v) is 12.4. The number of hydrogen-bond donors (Lipinski definition) is 2. The predicted molar refractivity (Wildman–Crippen MR) is 81.4 cm³/mol. The van der Waals surface area contributed by atoms with Gasteiger partial charge in [-0.25, -0.2) is 0 Å². The maximum atomic E-state index is 12.2. The van der Waals surface area contributed by atoms with Crippen LogP contribution in [0.1, 0.15) is 28.6 Å². The van der Waals surface area contributed by atoms with Gasteiger partial charge in [-0.2, -0.15) is 5.26 Å². The number of aliphatic hydroxyl groups excluding tert-OH is 1. The molecule has 116 valence electrons. The van der Waals surface area contributed by atoms with Gasteiger partial charge in [0.2, 0.25) is 17.1 Å². The van der Waals surface area contributed by atoms with E-state index in [1.807, 2.05) is 37.3 Å². The van der Waals surface area contributed by atoms with Crippen molar-refractivity contribution in [2.75, 3.05) is 0 Å². The molecule has 0 amide bonds. The van der Waals surface area contributed by atoms with E-state index in [1.54, 1.807) is 0 Å². The third kappa shape index (κ3) is 2.37. The van der Waals surface area contributed by atoms with E-state index in [0.29, 0.717) is 0 Å². The van der Waals surface area contributed by atoms with E-state index in [1.165, 1.54) is 0 Å². The number of nitrogens with two attached hydrogens (primary N) is 1. The van der Waals surface area contributed by atoms with Gasteiger partial charge in [-0.1, -0.05) is 24.3 Å².